The van der Waals surface area contributed by atoms with Gasteiger partial charge in [0.15, 0.2) is 0 Å². The molecule has 1 heterocycles. The summed E-state index contributed by atoms with van der Waals surface area (Å²) in [4.78, 5) is 2.42. The van der Waals surface area contributed by atoms with Crippen molar-refractivity contribution in [1.29, 1.82) is 0 Å². The maximum Gasteiger partial charge on any atom is 0.0428 e. The van der Waals surface area contributed by atoms with Crippen LogP contribution < -0.4 is 4.90 Å². The van der Waals surface area contributed by atoms with Gasteiger partial charge < -0.3 is 4.90 Å². The van der Waals surface area contributed by atoms with Gasteiger partial charge in [0.1, 0.15) is 0 Å². The van der Waals surface area contributed by atoms with Gasteiger partial charge in [0.25, 0.3) is 0 Å². The van der Waals surface area contributed by atoms with E-state index in [9.17, 15) is 0 Å². The molecule has 0 fully saturated rings. The minimum Gasteiger partial charge on any atom is -0.374 e. The summed E-state index contributed by atoms with van der Waals surface area (Å²) in [6.45, 7) is 8.03. The Bertz CT molecular complexity index is 366. The van der Waals surface area contributed by atoms with Gasteiger partial charge >= 0.3 is 0 Å². The van der Waals surface area contributed by atoms with Gasteiger partial charge in [-0.25, -0.2) is 0 Å². The number of anilines is 1. The lowest BCUT2D eigenvalue weighted by molar-refractivity contribution is 0.736. The second kappa shape index (κ2) is 3.88. The fourth-order valence-corrected chi connectivity index (χ4v) is 2.75. The molecule has 0 bridgehead atoms. The Kier molecular flexibility index (Phi) is 2.72. The van der Waals surface area contributed by atoms with Crippen molar-refractivity contribution in [3.8, 4) is 0 Å². The third kappa shape index (κ3) is 1.75. The van der Waals surface area contributed by atoms with E-state index in [4.69, 9.17) is 0 Å². The highest BCUT2D eigenvalue weighted by Crippen LogP contribution is 2.34. The zero-order chi connectivity index (χ0) is 11.0. The SMILES string of the molecule is Cc1c(C(C)C)ccc2c1N(C)CCC2. The van der Waals surface area contributed by atoms with E-state index in [0.717, 1.165) is 0 Å². The Morgan fingerprint density at radius 2 is 2.00 bits per heavy atom. The van der Waals surface area contributed by atoms with Crippen molar-refractivity contribution < 1.29 is 0 Å². The molecule has 0 radical (unpaired) electrons. The van der Waals surface area contributed by atoms with Gasteiger partial charge in [0, 0.05) is 19.3 Å². The first kappa shape index (κ1) is 10.5. The Labute approximate surface area is 93.1 Å². The highest BCUT2D eigenvalue weighted by atomic mass is 15.1. The standard InChI is InChI=1S/C14H21N/c1-10(2)13-8-7-12-6-5-9-15(4)14(12)11(13)3/h7-8,10H,5-6,9H2,1-4H3. The van der Waals surface area contributed by atoms with Gasteiger partial charge in [0.2, 0.25) is 0 Å². The molecule has 2 rings (SSSR count). The quantitative estimate of drug-likeness (QED) is 0.675. The molecule has 1 aromatic carbocycles. The molecule has 0 atom stereocenters. The minimum atomic E-state index is 0.630. The Balaban J connectivity index is 2.54. The molecule has 1 nitrogen and oxygen atoms in total. The van der Waals surface area contributed by atoms with Gasteiger partial charge in [-0.1, -0.05) is 26.0 Å². The zero-order valence-corrected chi connectivity index (χ0v) is 10.3. The molecule has 0 N–H and O–H groups in total. The molecule has 1 aromatic rings. The van der Waals surface area contributed by atoms with Gasteiger partial charge in [-0.2, -0.15) is 0 Å². The number of hydrogen-bond donors (Lipinski definition) is 0. The van der Waals surface area contributed by atoms with Crippen LogP contribution in [0.2, 0.25) is 0 Å². The molecule has 1 aliphatic rings. The predicted octanol–water partition coefficient (Wildman–Crippen LogP) is 3.50. The van der Waals surface area contributed by atoms with E-state index in [0.29, 0.717) is 5.92 Å². The monoisotopic (exact) mass is 203 g/mol. The van der Waals surface area contributed by atoms with Crippen molar-refractivity contribution in [3.05, 3.63) is 28.8 Å². The van der Waals surface area contributed by atoms with Crippen LogP contribution in [0.5, 0.6) is 0 Å². The fraction of sp³-hybridized carbons (Fsp3) is 0.571. The average Bonchev–Trinajstić information content (AvgIpc) is 2.17. The van der Waals surface area contributed by atoms with Crippen LogP contribution in [0.4, 0.5) is 5.69 Å². The minimum absolute atomic E-state index is 0.630. The van der Waals surface area contributed by atoms with E-state index in [2.05, 4.69) is 44.9 Å². The van der Waals surface area contributed by atoms with Crippen LogP contribution >= 0.6 is 0 Å². The first-order valence-electron chi connectivity index (χ1n) is 5.94. The number of benzene rings is 1. The van der Waals surface area contributed by atoms with E-state index in [1.54, 1.807) is 0 Å². The Hall–Kier alpha value is -0.980. The van der Waals surface area contributed by atoms with Crippen molar-refractivity contribution >= 4 is 5.69 Å². The Morgan fingerprint density at radius 3 is 2.67 bits per heavy atom. The molecule has 1 heteroatoms. The number of nitrogens with zero attached hydrogens (tertiary/aromatic N) is 1. The molecule has 0 unspecified atom stereocenters. The number of fused-ring (bicyclic) bond motifs is 1. The second-order valence-electron chi connectivity index (χ2n) is 4.97. The molecular formula is C14H21N. The van der Waals surface area contributed by atoms with Gasteiger partial charge in [-0.3, -0.25) is 0 Å². The van der Waals surface area contributed by atoms with Crippen molar-refractivity contribution in [2.75, 3.05) is 18.5 Å². The van der Waals surface area contributed by atoms with E-state index >= 15 is 0 Å². The summed E-state index contributed by atoms with van der Waals surface area (Å²) in [7, 11) is 2.22. The van der Waals surface area contributed by atoms with Gasteiger partial charge in [-0.15, -0.1) is 0 Å². The third-order valence-corrected chi connectivity index (χ3v) is 3.50. The predicted molar refractivity (Wildman–Crippen MR) is 66.9 cm³/mol. The topological polar surface area (TPSA) is 3.24 Å². The number of aryl methyl sites for hydroxylation is 1. The fourth-order valence-electron chi connectivity index (χ4n) is 2.75. The maximum atomic E-state index is 2.42. The molecule has 15 heavy (non-hydrogen) atoms. The van der Waals surface area contributed by atoms with E-state index in [1.807, 2.05) is 0 Å². The van der Waals surface area contributed by atoms with Crippen LogP contribution in [-0.4, -0.2) is 13.6 Å². The van der Waals surface area contributed by atoms with Crippen molar-refractivity contribution in [2.24, 2.45) is 0 Å². The molecule has 0 spiro atoms. The highest BCUT2D eigenvalue weighted by molar-refractivity contribution is 5.63. The summed E-state index contributed by atoms with van der Waals surface area (Å²) in [5.74, 6) is 0.630. The van der Waals surface area contributed by atoms with E-state index < -0.39 is 0 Å². The van der Waals surface area contributed by atoms with E-state index in [-0.39, 0.29) is 0 Å². The summed E-state index contributed by atoms with van der Waals surface area (Å²) < 4.78 is 0. The van der Waals surface area contributed by atoms with Crippen LogP contribution in [0, 0.1) is 6.92 Å². The van der Waals surface area contributed by atoms with Crippen molar-refractivity contribution in [1.82, 2.24) is 0 Å². The largest absolute Gasteiger partial charge is 0.374 e. The molecule has 0 saturated heterocycles. The van der Waals surface area contributed by atoms with Crippen LogP contribution in [0.1, 0.15) is 42.9 Å². The second-order valence-corrected chi connectivity index (χ2v) is 4.97. The van der Waals surface area contributed by atoms with Crippen LogP contribution in [-0.2, 0) is 6.42 Å². The third-order valence-electron chi connectivity index (χ3n) is 3.50. The molecule has 0 aliphatic carbocycles. The summed E-state index contributed by atoms with van der Waals surface area (Å²) >= 11 is 0. The van der Waals surface area contributed by atoms with Gasteiger partial charge in [0.05, 0.1) is 0 Å². The summed E-state index contributed by atoms with van der Waals surface area (Å²) in [5.41, 5.74) is 6.02. The van der Waals surface area contributed by atoms with Crippen LogP contribution in [0.15, 0.2) is 12.1 Å². The first-order chi connectivity index (χ1) is 7.11. The normalized spacial score (nSPS) is 15.7. The molecule has 0 saturated carbocycles. The lowest BCUT2D eigenvalue weighted by Gasteiger charge is -2.31. The van der Waals surface area contributed by atoms with Crippen molar-refractivity contribution in [3.63, 3.8) is 0 Å². The summed E-state index contributed by atoms with van der Waals surface area (Å²) in [5, 5.41) is 0. The summed E-state index contributed by atoms with van der Waals surface area (Å²) in [6, 6.07) is 4.64. The van der Waals surface area contributed by atoms with Crippen LogP contribution in [0.25, 0.3) is 0 Å². The number of rotatable bonds is 1. The molecule has 0 aromatic heterocycles. The molecule has 82 valence electrons. The van der Waals surface area contributed by atoms with E-state index in [1.165, 1.54) is 41.8 Å². The molecule has 0 amide bonds. The zero-order valence-electron chi connectivity index (χ0n) is 10.3. The summed E-state index contributed by atoms with van der Waals surface area (Å²) in [6.07, 6.45) is 2.54. The Morgan fingerprint density at radius 1 is 1.27 bits per heavy atom. The lowest BCUT2D eigenvalue weighted by Crippen LogP contribution is -2.26. The highest BCUT2D eigenvalue weighted by Gasteiger charge is 2.18. The van der Waals surface area contributed by atoms with Crippen LogP contribution in [0.3, 0.4) is 0 Å². The number of hydrogen-bond acceptors (Lipinski definition) is 1. The smallest absolute Gasteiger partial charge is 0.0428 e. The van der Waals surface area contributed by atoms with Gasteiger partial charge in [-0.05, 0) is 42.4 Å². The molecule has 1 aliphatic heterocycles. The first-order valence-corrected chi connectivity index (χ1v) is 5.94. The molecular weight excluding hydrogens is 182 g/mol. The van der Waals surface area contributed by atoms with Crippen molar-refractivity contribution in [2.45, 2.75) is 39.5 Å². The average molecular weight is 203 g/mol. The maximum absolute atomic E-state index is 2.42. The lowest BCUT2D eigenvalue weighted by atomic mass is 9.90.